The maximum Gasteiger partial charge on any atom is 0.146 e. The van der Waals surface area contributed by atoms with Gasteiger partial charge in [0.05, 0.1) is 5.69 Å². The van der Waals surface area contributed by atoms with E-state index in [1.54, 1.807) is 12.1 Å². The zero-order valence-corrected chi connectivity index (χ0v) is 10.5. The molecule has 0 aliphatic heterocycles. The van der Waals surface area contributed by atoms with Gasteiger partial charge in [0.1, 0.15) is 5.82 Å². The summed E-state index contributed by atoms with van der Waals surface area (Å²) >= 11 is 6.18. The fourth-order valence-corrected chi connectivity index (χ4v) is 2.08. The van der Waals surface area contributed by atoms with Gasteiger partial charge in [-0.15, -0.1) is 0 Å². The molecule has 0 heterocycles. The Balaban J connectivity index is 2.69. The van der Waals surface area contributed by atoms with E-state index in [2.05, 4.69) is 0 Å². The summed E-state index contributed by atoms with van der Waals surface area (Å²) in [6.07, 6.45) is 0. The van der Waals surface area contributed by atoms with E-state index >= 15 is 0 Å². The Kier molecular flexibility index (Phi) is 3.07. The summed E-state index contributed by atoms with van der Waals surface area (Å²) in [4.78, 5) is 0. The molecular weight excluding hydrogens is 237 g/mol. The van der Waals surface area contributed by atoms with Crippen LogP contribution in [0.2, 0.25) is 5.02 Å². The van der Waals surface area contributed by atoms with E-state index in [0.717, 1.165) is 16.7 Å². The number of hydrogen-bond donors (Lipinski definition) is 1. The van der Waals surface area contributed by atoms with Gasteiger partial charge < -0.3 is 5.73 Å². The maximum absolute atomic E-state index is 13.4. The smallest absolute Gasteiger partial charge is 0.146 e. The van der Waals surface area contributed by atoms with Gasteiger partial charge in [-0.05, 0) is 43.2 Å². The summed E-state index contributed by atoms with van der Waals surface area (Å²) in [6, 6.07) is 8.55. The average molecular weight is 250 g/mol. The maximum atomic E-state index is 13.4. The fraction of sp³-hybridized carbons (Fsp3) is 0.143. The third-order valence-electron chi connectivity index (χ3n) is 2.93. The summed E-state index contributed by atoms with van der Waals surface area (Å²) in [7, 11) is 0. The Morgan fingerprint density at radius 3 is 2.41 bits per heavy atom. The number of anilines is 1. The second kappa shape index (κ2) is 4.38. The third kappa shape index (κ3) is 2.13. The predicted octanol–water partition coefficient (Wildman–Crippen LogP) is 4.35. The van der Waals surface area contributed by atoms with Gasteiger partial charge in [-0.25, -0.2) is 4.39 Å². The molecule has 0 unspecified atom stereocenters. The van der Waals surface area contributed by atoms with Crippen LogP contribution in [0.5, 0.6) is 0 Å². The lowest BCUT2D eigenvalue weighted by Gasteiger charge is -2.11. The number of rotatable bonds is 1. The van der Waals surface area contributed by atoms with Gasteiger partial charge in [0.25, 0.3) is 0 Å². The number of hydrogen-bond acceptors (Lipinski definition) is 1. The van der Waals surface area contributed by atoms with Crippen molar-refractivity contribution in [3.05, 3.63) is 52.3 Å². The Hall–Kier alpha value is -1.54. The first-order chi connectivity index (χ1) is 8.00. The Bertz CT molecular complexity index is 579. The highest BCUT2D eigenvalue weighted by Gasteiger charge is 2.11. The lowest BCUT2D eigenvalue weighted by atomic mass is 9.99. The van der Waals surface area contributed by atoms with Crippen molar-refractivity contribution in [1.29, 1.82) is 0 Å². The topological polar surface area (TPSA) is 26.0 Å². The van der Waals surface area contributed by atoms with Gasteiger partial charge in [0, 0.05) is 16.1 Å². The summed E-state index contributed by atoms with van der Waals surface area (Å²) in [5.41, 5.74) is 9.49. The minimum Gasteiger partial charge on any atom is -0.396 e. The second-order valence-corrected chi connectivity index (χ2v) is 4.52. The normalized spacial score (nSPS) is 10.6. The van der Waals surface area contributed by atoms with Crippen LogP contribution in [0.4, 0.5) is 10.1 Å². The molecule has 0 atom stereocenters. The van der Waals surface area contributed by atoms with Crippen LogP contribution in [0.3, 0.4) is 0 Å². The van der Waals surface area contributed by atoms with Crippen molar-refractivity contribution in [2.24, 2.45) is 0 Å². The highest BCUT2D eigenvalue weighted by atomic mass is 35.5. The summed E-state index contributed by atoms with van der Waals surface area (Å²) < 4.78 is 13.4. The van der Waals surface area contributed by atoms with Crippen LogP contribution in [-0.4, -0.2) is 0 Å². The van der Waals surface area contributed by atoms with Crippen molar-refractivity contribution in [2.75, 3.05) is 5.73 Å². The van der Waals surface area contributed by atoms with Gasteiger partial charge >= 0.3 is 0 Å². The molecule has 0 aromatic heterocycles. The number of benzene rings is 2. The zero-order chi connectivity index (χ0) is 12.6. The summed E-state index contributed by atoms with van der Waals surface area (Å²) in [5, 5.41) is 0.588. The molecule has 2 aromatic carbocycles. The zero-order valence-electron chi connectivity index (χ0n) is 9.72. The number of aryl methyl sites for hydroxylation is 2. The van der Waals surface area contributed by atoms with Gasteiger partial charge in [0.2, 0.25) is 0 Å². The van der Waals surface area contributed by atoms with Crippen LogP contribution in [0.15, 0.2) is 30.3 Å². The van der Waals surface area contributed by atoms with E-state index < -0.39 is 5.82 Å². The van der Waals surface area contributed by atoms with E-state index in [4.69, 9.17) is 17.3 Å². The van der Waals surface area contributed by atoms with Crippen molar-refractivity contribution in [3.63, 3.8) is 0 Å². The molecule has 0 saturated carbocycles. The number of para-hydroxylation sites is 1. The van der Waals surface area contributed by atoms with E-state index in [1.165, 1.54) is 6.07 Å². The first-order valence-electron chi connectivity index (χ1n) is 5.32. The van der Waals surface area contributed by atoms with Crippen LogP contribution in [0, 0.1) is 19.7 Å². The largest absolute Gasteiger partial charge is 0.396 e. The van der Waals surface area contributed by atoms with Gasteiger partial charge in [-0.3, -0.25) is 0 Å². The third-order valence-corrected chi connectivity index (χ3v) is 3.24. The molecule has 0 radical (unpaired) electrons. The van der Waals surface area contributed by atoms with E-state index in [0.29, 0.717) is 10.6 Å². The molecule has 0 aliphatic rings. The summed E-state index contributed by atoms with van der Waals surface area (Å²) in [5.74, 6) is -0.420. The standard InChI is InChI=1S/C14H13ClFN/c1-8-6-11(12(15)7-9(8)2)10-4-3-5-13(16)14(10)17/h3-7H,17H2,1-2H3. The fourth-order valence-electron chi connectivity index (χ4n) is 1.76. The molecule has 17 heavy (non-hydrogen) atoms. The lowest BCUT2D eigenvalue weighted by Crippen LogP contribution is -1.95. The van der Waals surface area contributed by atoms with E-state index in [1.807, 2.05) is 26.0 Å². The first kappa shape index (κ1) is 11.9. The van der Waals surface area contributed by atoms with Crippen molar-refractivity contribution in [1.82, 2.24) is 0 Å². The quantitative estimate of drug-likeness (QED) is 0.748. The predicted molar refractivity (Wildman–Crippen MR) is 70.7 cm³/mol. The Morgan fingerprint density at radius 2 is 1.71 bits per heavy atom. The monoisotopic (exact) mass is 249 g/mol. The molecule has 88 valence electrons. The van der Waals surface area contributed by atoms with Crippen LogP contribution in [-0.2, 0) is 0 Å². The van der Waals surface area contributed by atoms with Crippen molar-refractivity contribution in [2.45, 2.75) is 13.8 Å². The van der Waals surface area contributed by atoms with Crippen molar-refractivity contribution in [3.8, 4) is 11.1 Å². The molecule has 2 rings (SSSR count). The van der Waals surface area contributed by atoms with Gasteiger partial charge in [-0.2, -0.15) is 0 Å². The highest BCUT2D eigenvalue weighted by Crippen LogP contribution is 2.34. The summed E-state index contributed by atoms with van der Waals surface area (Å²) in [6.45, 7) is 3.98. The van der Waals surface area contributed by atoms with Crippen molar-refractivity contribution >= 4 is 17.3 Å². The average Bonchev–Trinajstić information content (AvgIpc) is 2.28. The lowest BCUT2D eigenvalue weighted by molar-refractivity contribution is 0.633. The molecule has 0 fully saturated rings. The van der Waals surface area contributed by atoms with E-state index in [-0.39, 0.29) is 5.69 Å². The van der Waals surface area contributed by atoms with Crippen LogP contribution in [0.25, 0.3) is 11.1 Å². The first-order valence-corrected chi connectivity index (χ1v) is 5.69. The molecule has 0 saturated heterocycles. The minimum atomic E-state index is -0.420. The van der Waals surface area contributed by atoms with Crippen LogP contribution >= 0.6 is 11.6 Å². The molecule has 0 bridgehead atoms. The van der Waals surface area contributed by atoms with Crippen molar-refractivity contribution < 1.29 is 4.39 Å². The Morgan fingerprint density at radius 1 is 1.06 bits per heavy atom. The Labute approximate surface area is 105 Å². The molecule has 2 aromatic rings. The van der Waals surface area contributed by atoms with Crippen LogP contribution in [0.1, 0.15) is 11.1 Å². The number of nitrogen functional groups attached to an aromatic ring is 1. The molecule has 3 heteroatoms. The second-order valence-electron chi connectivity index (χ2n) is 4.12. The molecule has 1 nitrogen and oxygen atoms in total. The minimum absolute atomic E-state index is 0.137. The van der Waals surface area contributed by atoms with Gasteiger partial charge in [0.15, 0.2) is 0 Å². The molecular formula is C14H13ClFN. The molecule has 0 amide bonds. The number of halogens is 2. The SMILES string of the molecule is Cc1cc(Cl)c(-c2cccc(F)c2N)cc1C. The van der Waals surface area contributed by atoms with Crippen LogP contribution < -0.4 is 5.73 Å². The van der Waals surface area contributed by atoms with Gasteiger partial charge in [-0.1, -0.05) is 23.7 Å². The molecule has 2 N–H and O–H groups in total. The molecule has 0 spiro atoms. The molecule has 0 aliphatic carbocycles. The number of nitrogens with two attached hydrogens (primary N) is 1. The van der Waals surface area contributed by atoms with E-state index in [9.17, 15) is 4.39 Å². The highest BCUT2D eigenvalue weighted by molar-refractivity contribution is 6.33.